The highest BCUT2D eigenvalue weighted by atomic mass is 16.5. The number of ether oxygens (including phenoxy) is 2. The lowest BCUT2D eigenvalue weighted by Gasteiger charge is -2.13. The van der Waals surface area contributed by atoms with Gasteiger partial charge in [-0.25, -0.2) is 4.79 Å². The Hall–Kier alpha value is -2.56. The molecule has 138 valence electrons. The van der Waals surface area contributed by atoms with Crippen LogP contribution in [0.2, 0.25) is 0 Å². The number of ketones is 1. The van der Waals surface area contributed by atoms with Crippen LogP contribution in [0.3, 0.4) is 0 Å². The maximum Gasteiger partial charge on any atom is 0.340 e. The second-order valence-corrected chi connectivity index (χ2v) is 6.76. The summed E-state index contributed by atoms with van der Waals surface area (Å²) in [6.07, 6.45) is 1.46. The largest absolute Gasteiger partial charge is 0.494 e. The molecule has 1 unspecified atom stereocenters. The molecule has 1 aliphatic carbocycles. The minimum atomic E-state index is -0.843. The summed E-state index contributed by atoms with van der Waals surface area (Å²) in [5.74, 6) is 0.0374. The third-order valence-corrected chi connectivity index (χ3v) is 4.72. The number of esters is 1. The quantitative estimate of drug-likeness (QED) is 0.550. The van der Waals surface area contributed by atoms with Gasteiger partial charge in [-0.05, 0) is 70.9 Å². The van der Waals surface area contributed by atoms with Gasteiger partial charge in [-0.2, -0.15) is 0 Å². The number of hydrogen-bond donors (Lipinski definition) is 0. The van der Waals surface area contributed by atoms with Crippen LogP contribution in [-0.2, 0) is 4.74 Å². The zero-order valence-corrected chi connectivity index (χ0v) is 15.7. The molecule has 0 spiro atoms. The van der Waals surface area contributed by atoms with Gasteiger partial charge in [0.25, 0.3) is 0 Å². The Balaban J connectivity index is 1.69. The van der Waals surface area contributed by atoms with Crippen molar-refractivity contribution >= 4 is 11.8 Å². The van der Waals surface area contributed by atoms with Crippen molar-refractivity contribution in [2.45, 2.75) is 52.7 Å². The van der Waals surface area contributed by atoms with Crippen LogP contribution in [0.4, 0.5) is 0 Å². The van der Waals surface area contributed by atoms with E-state index < -0.39 is 12.1 Å². The Bertz CT molecular complexity index is 815. The van der Waals surface area contributed by atoms with Gasteiger partial charge in [-0.3, -0.25) is 4.79 Å². The third kappa shape index (κ3) is 3.66. The van der Waals surface area contributed by atoms with Crippen molar-refractivity contribution in [3.63, 3.8) is 0 Å². The van der Waals surface area contributed by atoms with Crippen molar-refractivity contribution in [3.05, 3.63) is 52.8 Å². The van der Waals surface area contributed by atoms with Crippen LogP contribution in [0.25, 0.3) is 0 Å². The molecular weight excluding hydrogens is 330 g/mol. The van der Waals surface area contributed by atoms with E-state index in [4.69, 9.17) is 9.47 Å². The first-order valence-corrected chi connectivity index (χ1v) is 9.08. The standard InChI is InChI=1S/C21H25NO4/c1-5-25-18-10-6-16(7-11-18)20(23)15(4)26-21(24)19-12-13(2)22(14(19)3)17-8-9-17/h6-7,10-12,15,17H,5,8-9H2,1-4H3. The van der Waals surface area contributed by atoms with Gasteiger partial charge in [0, 0.05) is 23.0 Å². The number of carbonyl (C=O) groups is 2. The molecule has 1 aromatic heterocycles. The Morgan fingerprint density at radius 3 is 2.42 bits per heavy atom. The topological polar surface area (TPSA) is 57.5 Å². The molecule has 0 radical (unpaired) electrons. The van der Waals surface area contributed by atoms with Crippen LogP contribution < -0.4 is 4.74 Å². The van der Waals surface area contributed by atoms with Crippen molar-refractivity contribution in [1.29, 1.82) is 0 Å². The fourth-order valence-electron chi connectivity index (χ4n) is 3.27. The number of Topliss-reactive ketones (excluding diaryl/α,β-unsaturated/α-hetero) is 1. The molecular formula is C21H25NO4. The van der Waals surface area contributed by atoms with Crippen LogP contribution >= 0.6 is 0 Å². The first kappa shape index (κ1) is 18.2. The zero-order chi connectivity index (χ0) is 18.8. The predicted octanol–water partition coefficient (Wildman–Crippen LogP) is 4.27. The van der Waals surface area contributed by atoms with Crippen LogP contribution in [-0.4, -0.2) is 29.0 Å². The maximum absolute atomic E-state index is 12.6. The maximum atomic E-state index is 12.6. The summed E-state index contributed by atoms with van der Waals surface area (Å²) in [5, 5.41) is 0. The van der Waals surface area contributed by atoms with Crippen molar-refractivity contribution < 1.29 is 19.1 Å². The number of carbonyl (C=O) groups excluding carboxylic acids is 2. The highest BCUT2D eigenvalue weighted by molar-refractivity contribution is 6.01. The molecule has 3 rings (SSSR count). The molecule has 2 aromatic rings. The SMILES string of the molecule is CCOc1ccc(C(=O)C(C)OC(=O)c2cc(C)n(C3CC3)c2C)cc1. The number of benzene rings is 1. The molecule has 1 aliphatic rings. The van der Waals surface area contributed by atoms with Crippen molar-refractivity contribution in [1.82, 2.24) is 4.57 Å². The summed E-state index contributed by atoms with van der Waals surface area (Å²) in [5.41, 5.74) is 3.01. The van der Waals surface area contributed by atoms with Crippen LogP contribution in [0, 0.1) is 13.8 Å². The molecule has 0 aliphatic heterocycles. The van der Waals surface area contributed by atoms with Gasteiger partial charge < -0.3 is 14.0 Å². The highest BCUT2D eigenvalue weighted by Gasteiger charge is 2.29. The molecule has 1 saturated carbocycles. The third-order valence-electron chi connectivity index (χ3n) is 4.72. The van der Waals surface area contributed by atoms with Gasteiger partial charge in [-0.1, -0.05) is 0 Å². The Morgan fingerprint density at radius 1 is 1.19 bits per heavy atom. The van der Waals surface area contributed by atoms with E-state index in [-0.39, 0.29) is 5.78 Å². The molecule has 5 nitrogen and oxygen atoms in total. The van der Waals surface area contributed by atoms with E-state index >= 15 is 0 Å². The summed E-state index contributed by atoms with van der Waals surface area (Å²) < 4.78 is 13.0. The Morgan fingerprint density at radius 2 is 1.85 bits per heavy atom. The molecule has 1 heterocycles. The summed E-state index contributed by atoms with van der Waals surface area (Å²) >= 11 is 0. The normalized spacial score (nSPS) is 14.8. The number of aryl methyl sites for hydroxylation is 1. The zero-order valence-electron chi connectivity index (χ0n) is 15.7. The average Bonchev–Trinajstić information content (AvgIpc) is 3.40. The Kier molecular flexibility index (Phi) is 5.16. The lowest BCUT2D eigenvalue weighted by molar-refractivity contribution is 0.0318. The molecule has 0 saturated heterocycles. The minimum Gasteiger partial charge on any atom is -0.494 e. The molecule has 0 amide bonds. The lowest BCUT2D eigenvalue weighted by Crippen LogP contribution is -2.24. The number of hydrogen-bond acceptors (Lipinski definition) is 4. The van der Waals surface area contributed by atoms with E-state index in [1.807, 2.05) is 26.8 Å². The summed E-state index contributed by atoms with van der Waals surface area (Å²) in [6.45, 7) is 8.01. The van der Waals surface area contributed by atoms with Crippen LogP contribution in [0.15, 0.2) is 30.3 Å². The highest BCUT2D eigenvalue weighted by Crippen LogP contribution is 2.38. The average molecular weight is 355 g/mol. The van der Waals surface area contributed by atoms with Gasteiger partial charge in [0.2, 0.25) is 5.78 Å². The van der Waals surface area contributed by atoms with E-state index in [1.54, 1.807) is 31.2 Å². The van der Waals surface area contributed by atoms with Crippen molar-refractivity contribution in [3.8, 4) is 5.75 Å². The summed E-state index contributed by atoms with van der Waals surface area (Å²) in [7, 11) is 0. The second-order valence-electron chi connectivity index (χ2n) is 6.76. The van der Waals surface area contributed by atoms with E-state index in [0.717, 1.165) is 24.2 Å². The summed E-state index contributed by atoms with van der Waals surface area (Å²) in [4.78, 5) is 25.1. The second kappa shape index (κ2) is 7.36. The molecule has 0 N–H and O–H groups in total. The molecule has 0 bridgehead atoms. The van der Waals surface area contributed by atoms with E-state index in [2.05, 4.69) is 4.57 Å². The first-order chi connectivity index (χ1) is 12.4. The molecule has 1 atom stereocenters. The van der Waals surface area contributed by atoms with E-state index in [9.17, 15) is 9.59 Å². The lowest BCUT2D eigenvalue weighted by atomic mass is 10.1. The predicted molar refractivity (Wildman–Crippen MR) is 99.0 cm³/mol. The number of rotatable bonds is 7. The summed E-state index contributed by atoms with van der Waals surface area (Å²) in [6, 6.07) is 9.22. The van der Waals surface area contributed by atoms with Crippen molar-refractivity contribution in [2.24, 2.45) is 0 Å². The first-order valence-electron chi connectivity index (χ1n) is 9.08. The fraction of sp³-hybridized carbons (Fsp3) is 0.429. The number of aromatic nitrogens is 1. The van der Waals surface area contributed by atoms with Gasteiger partial charge in [0.15, 0.2) is 6.10 Å². The smallest absolute Gasteiger partial charge is 0.340 e. The van der Waals surface area contributed by atoms with Crippen LogP contribution in [0.1, 0.15) is 64.8 Å². The molecule has 1 fully saturated rings. The monoisotopic (exact) mass is 355 g/mol. The molecule has 26 heavy (non-hydrogen) atoms. The fourth-order valence-corrected chi connectivity index (χ4v) is 3.27. The Labute approximate surface area is 153 Å². The van der Waals surface area contributed by atoms with Crippen LogP contribution in [0.5, 0.6) is 5.75 Å². The van der Waals surface area contributed by atoms with Gasteiger partial charge in [0.1, 0.15) is 5.75 Å². The van der Waals surface area contributed by atoms with E-state index in [1.165, 1.54) is 0 Å². The molecule has 5 heteroatoms. The van der Waals surface area contributed by atoms with Gasteiger partial charge >= 0.3 is 5.97 Å². The van der Waals surface area contributed by atoms with Crippen molar-refractivity contribution in [2.75, 3.05) is 6.61 Å². The van der Waals surface area contributed by atoms with Gasteiger partial charge in [-0.15, -0.1) is 0 Å². The molecule has 1 aromatic carbocycles. The number of nitrogens with zero attached hydrogens (tertiary/aromatic N) is 1. The van der Waals surface area contributed by atoms with E-state index in [0.29, 0.717) is 29.5 Å². The minimum absolute atomic E-state index is 0.225. The van der Waals surface area contributed by atoms with Gasteiger partial charge in [0.05, 0.1) is 12.2 Å².